The summed E-state index contributed by atoms with van der Waals surface area (Å²) >= 11 is 0. The van der Waals surface area contributed by atoms with E-state index in [0.29, 0.717) is 0 Å². The number of hydrogen-bond donors (Lipinski definition) is 1. The van der Waals surface area contributed by atoms with E-state index in [1.165, 1.54) is 7.11 Å². The van der Waals surface area contributed by atoms with Crippen LogP contribution in [0.3, 0.4) is 0 Å². The maximum atomic E-state index is 10.9. The molecule has 1 aliphatic carbocycles. The summed E-state index contributed by atoms with van der Waals surface area (Å²) in [5.41, 5.74) is 5.65. The van der Waals surface area contributed by atoms with Gasteiger partial charge in [0.15, 0.2) is 0 Å². The van der Waals surface area contributed by atoms with Crippen molar-refractivity contribution in [3.63, 3.8) is 0 Å². The summed E-state index contributed by atoms with van der Waals surface area (Å²) in [6.07, 6.45) is 2.91. The van der Waals surface area contributed by atoms with Gasteiger partial charge in [0, 0.05) is 6.04 Å². The smallest absolute Gasteiger partial charge is 0.310 e. The minimum atomic E-state index is -0.148. The molecule has 0 aliphatic heterocycles. The van der Waals surface area contributed by atoms with E-state index in [4.69, 9.17) is 5.73 Å². The molecule has 0 spiro atoms. The summed E-state index contributed by atoms with van der Waals surface area (Å²) < 4.78 is 4.59. The number of carbonyl (C=O) groups excluding carboxylic acids is 1. The van der Waals surface area contributed by atoms with E-state index in [-0.39, 0.29) is 17.9 Å². The lowest BCUT2D eigenvalue weighted by atomic mass is 10.1. The molecule has 3 nitrogen and oxygen atoms in total. The quantitative estimate of drug-likeness (QED) is 0.537. The van der Waals surface area contributed by atoms with Gasteiger partial charge in [-0.15, -0.1) is 0 Å². The number of ether oxygens (including phenoxy) is 1. The van der Waals surface area contributed by atoms with Crippen LogP contribution in [0.1, 0.15) is 19.3 Å². The van der Waals surface area contributed by atoms with Crippen LogP contribution in [0.5, 0.6) is 0 Å². The van der Waals surface area contributed by atoms with Gasteiger partial charge in [-0.3, -0.25) is 4.79 Å². The molecule has 1 rings (SSSR count). The van der Waals surface area contributed by atoms with Crippen LogP contribution in [0.25, 0.3) is 0 Å². The average Bonchev–Trinajstić information content (AvgIpc) is 2.34. The summed E-state index contributed by atoms with van der Waals surface area (Å²) in [5, 5.41) is 0. The Morgan fingerprint density at radius 1 is 1.60 bits per heavy atom. The van der Waals surface area contributed by atoms with Crippen LogP contribution in [0.15, 0.2) is 0 Å². The summed E-state index contributed by atoms with van der Waals surface area (Å²) in [4.78, 5) is 10.9. The van der Waals surface area contributed by atoms with Gasteiger partial charge in [-0.1, -0.05) is 6.42 Å². The van der Waals surface area contributed by atoms with E-state index >= 15 is 0 Å². The zero-order valence-corrected chi connectivity index (χ0v) is 6.17. The Kier molecular flexibility index (Phi) is 2.27. The Morgan fingerprint density at radius 2 is 2.30 bits per heavy atom. The Hall–Kier alpha value is -0.570. The molecule has 2 atom stereocenters. The first-order valence-electron chi connectivity index (χ1n) is 3.59. The fourth-order valence-electron chi connectivity index (χ4n) is 1.43. The zero-order chi connectivity index (χ0) is 7.56. The predicted octanol–water partition coefficient (Wildman–Crippen LogP) is 0.287. The van der Waals surface area contributed by atoms with Crippen molar-refractivity contribution in [3.8, 4) is 0 Å². The molecule has 2 unspecified atom stereocenters. The summed E-state index contributed by atoms with van der Waals surface area (Å²) in [6.45, 7) is 0. The lowest BCUT2D eigenvalue weighted by Crippen LogP contribution is -2.31. The maximum Gasteiger partial charge on any atom is 0.310 e. The third-order valence-corrected chi connectivity index (χ3v) is 2.07. The molecule has 10 heavy (non-hydrogen) atoms. The van der Waals surface area contributed by atoms with Gasteiger partial charge in [0.25, 0.3) is 0 Å². The topological polar surface area (TPSA) is 52.3 Å². The molecule has 0 aromatic heterocycles. The minimum Gasteiger partial charge on any atom is -0.469 e. The van der Waals surface area contributed by atoms with Crippen molar-refractivity contribution in [2.24, 2.45) is 11.7 Å². The second kappa shape index (κ2) is 3.01. The monoisotopic (exact) mass is 143 g/mol. The third kappa shape index (κ3) is 1.29. The highest BCUT2D eigenvalue weighted by Gasteiger charge is 2.30. The van der Waals surface area contributed by atoms with Crippen molar-refractivity contribution in [1.82, 2.24) is 0 Å². The SMILES string of the molecule is COC(=O)C1CCCC1N. The van der Waals surface area contributed by atoms with Gasteiger partial charge in [0.1, 0.15) is 0 Å². The van der Waals surface area contributed by atoms with Gasteiger partial charge in [0.2, 0.25) is 0 Å². The Bertz CT molecular complexity index is 136. The van der Waals surface area contributed by atoms with Crippen LogP contribution < -0.4 is 5.73 Å². The maximum absolute atomic E-state index is 10.9. The van der Waals surface area contributed by atoms with Crippen molar-refractivity contribution in [3.05, 3.63) is 0 Å². The molecule has 2 N–H and O–H groups in total. The first-order chi connectivity index (χ1) is 4.75. The highest BCUT2D eigenvalue weighted by atomic mass is 16.5. The van der Waals surface area contributed by atoms with Crippen LogP contribution in [-0.4, -0.2) is 19.1 Å². The van der Waals surface area contributed by atoms with Crippen molar-refractivity contribution in [2.75, 3.05) is 7.11 Å². The molecule has 0 heterocycles. The van der Waals surface area contributed by atoms with Crippen molar-refractivity contribution >= 4 is 5.97 Å². The van der Waals surface area contributed by atoms with E-state index < -0.39 is 0 Å². The average molecular weight is 143 g/mol. The van der Waals surface area contributed by atoms with Crippen LogP contribution in [0, 0.1) is 5.92 Å². The lowest BCUT2D eigenvalue weighted by molar-refractivity contribution is -0.145. The van der Waals surface area contributed by atoms with Gasteiger partial charge < -0.3 is 10.5 Å². The van der Waals surface area contributed by atoms with Crippen LogP contribution in [-0.2, 0) is 9.53 Å². The molecule has 0 radical (unpaired) electrons. The Labute approximate surface area is 60.5 Å². The van der Waals surface area contributed by atoms with Gasteiger partial charge >= 0.3 is 5.97 Å². The largest absolute Gasteiger partial charge is 0.469 e. The van der Waals surface area contributed by atoms with E-state index in [1.54, 1.807) is 0 Å². The Balaban J connectivity index is 2.46. The molecule has 1 saturated carbocycles. The van der Waals surface area contributed by atoms with Gasteiger partial charge in [-0.2, -0.15) is 0 Å². The highest BCUT2D eigenvalue weighted by molar-refractivity contribution is 5.73. The number of carbonyl (C=O) groups is 1. The molecule has 0 aromatic rings. The van der Waals surface area contributed by atoms with E-state index in [2.05, 4.69) is 4.74 Å². The first kappa shape index (κ1) is 7.54. The molecule has 0 aromatic carbocycles. The molecule has 1 aliphatic rings. The summed E-state index contributed by atoms with van der Waals surface area (Å²) in [5.74, 6) is -0.185. The van der Waals surface area contributed by atoms with Gasteiger partial charge in [-0.25, -0.2) is 0 Å². The van der Waals surface area contributed by atoms with Crippen molar-refractivity contribution in [2.45, 2.75) is 25.3 Å². The fraction of sp³-hybridized carbons (Fsp3) is 0.857. The summed E-state index contributed by atoms with van der Waals surface area (Å²) in [7, 11) is 1.41. The number of hydrogen-bond acceptors (Lipinski definition) is 3. The summed E-state index contributed by atoms with van der Waals surface area (Å²) in [6, 6.07) is 0.0347. The molecule has 58 valence electrons. The Morgan fingerprint density at radius 3 is 2.70 bits per heavy atom. The standard InChI is InChI=1S/C7H13NO2/c1-10-7(9)5-3-2-4-6(5)8/h5-6H,2-4,8H2,1H3. The first-order valence-corrected chi connectivity index (χ1v) is 3.59. The molecule has 1 fully saturated rings. The molecule has 0 bridgehead atoms. The number of nitrogens with two attached hydrogens (primary N) is 1. The van der Waals surface area contributed by atoms with Crippen molar-refractivity contribution < 1.29 is 9.53 Å². The number of esters is 1. The van der Waals surface area contributed by atoms with E-state index in [0.717, 1.165) is 19.3 Å². The lowest BCUT2D eigenvalue weighted by Gasteiger charge is -2.11. The fourth-order valence-corrected chi connectivity index (χ4v) is 1.43. The number of methoxy groups -OCH3 is 1. The molecular weight excluding hydrogens is 130 g/mol. The van der Waals surface area contributed by atoms with E-state index in [9.17, 15) is 4.79 Å². The number of rotatable bonds is 1. The molecule has 3 heteroatoms. The highest BCUT2D eigenvalue weighted by Crippen LogP contribution is 2.24. The van der Waals surface area contributed by atoms with Crippen LogP contribution >= 0.6 is 0 Å². The third-order valence-electron chi connectivity index (χ3n) is 2.07. The van der Waals surface area contributed by atoms with Crippen LogP contribution in [0.4, 0.5) is 0 Å². The molecular formula is C7H13NO2. The zero-order valence-electron chi connectivity index (χ0n) is 6.17. The normalized spacial score (nSPS) is 32.2. The second-order valence-corrected chi connectivity index (χ2v) is 2.72. The molecule has 0 saturated heterocycles. The minimum absolute atomic E-state index is 0.0347. The predicted molar refractivity (Wildman–Crippen MR) is 37.3 cm³/mol. The van der Waals surface area contributed by atoms with Gasteiger partial charge in [-0.05, 0) is 12.8 Å². The second-order valence-electron chi connectivity index (χ2n) is 2.72. The van der Waals surface area contributed by atoms with E-state index in [1.807, 2.05) is 0 Å². The van der Waals surface area contributed by atoms with Crippen molar-refractivity contribution in [1.29, 1.82) is 0 Å². The molecule has 0 amide bonds. The van der Waals surface area contributed by atoms with Crippen LogP contribution in [0.2, 0.25) is 0 Å². The van der Waals surface area contributed by atoms with Gasteiger partial charge in [0.05, 0.1) is 13.0 Å².